The van der Waals surface area contributed by atoms with Gasteiger partial charge in [-0.05, 0) is 68.3 Å². The van der Waals surface area contributed by atoms with Crippen LogP contribution in [0.4, 0.5) is 5.69 Å². The van der Waals surface area contributed by atoms with Gasteiger partial charge >= 0.3 is 0 Å². The van der Waals surface area contributed by atoms with Crippen molar-refractivity contribution in [2.45, 2.75) is 20.3 Å². The standard InChI is InChI=1S/C20H21N3O2/c1-14-13-15(2)23(22-14)19-9-5-17(6-10-19)20(25)21-18-7-3-16(4-8-18)11-12-24/h3-10,13,24H,11-12H2,1-2H3,(H,21,25). The molecule has 0 spiro atoms. The highest BCUT2D eigenvalue weighted by atomic mass is 16.3. The highest BCUT2D eigenvalue weighted by molar-refractivity contribution is 6.04. The van der Waals surface area contributed by atoms with E-state index in [9.17, 15) is 4.79 Å². The minimum atomic E-state index is -0.158. The second-order valence-electron chi connectivity index (χ2n) is 6.01. The summed E-state index contributed by atoms with van der Waals surface area (Å²) in [6.07, 6.45) is 0.613. The third kappa shape index (κ3) is 3.95. The number of nitrogens with zero attached hydrogens (tertiary/aromatic N) is 2. The van der Waals surface area contributed by atoms with E-state index in [1.807, 2.05) is 61.0 Å². The largest absolute Gasteiger partial charge is 0.396 e. The van der Waals surface area contributed by atoms with Crippen molar-refractivity contribution in [1.82, 2.24) is 9.78 Å². The predicted molar refractivity (Wildman–Crippen MR) is 98.2 cm³/mol. The third-order valence-corrected chi connectivity index (χ3v) is 4.00. The molecule has 2 aromatic carbocycles. The number of aliphatic hydroxyl groups excluding tert-OH is 1. The molecule has 0 aliphatic carbocycles. The van der Waals surface area contributed by atoms with Crippen molar-refractivity contribution < 1.29 is 9.90 Å². The number of benzene rings is 2. The van der Waals surface area contributed by atoms with Gasteiger partial charge in [-0.2, -0.15) is 5.10 Å². The quantitative estimate of drug-likeness (QED) is 0.752. The topological polar surface area (TPSA) is 67.2 Å². The maximum atomic E-state index is 12.4. The molecule has 0 saturated carbocycles. The average molecular weight is 335 g/mol. The third-order valence-electron chi connectivity index (χ3n) is 4.00. The van der Waals surface area contributed by atoms with E-state index in [-0.39, 0.29) is 12.5 Å². The maximum absolute atomic E-state index is 12.4. The molecule has 1 heterocycles. The first-order valence-electron chi connectivity index (χ1n) is 8.21. The van der Waals surface area contributed by atoms with Crippen molar-refractivity contribution in [2.24, 2.45) is 0 Å². The molecule has 0 radical (unpaired) electrons. The van der Waals surface area contributed by atoms with E-state index >= 15 is 0 Å². The Morgan fingerprint density at radius 2 is 1.76 bits per heavy atom. The first kappa shape index (κ1) is 16.9. The van der Waals surface area contributed by atoms with Crippen LogP contribution < -0.4 is 5.32 Å². The Kier molecular flexibility index (Phi) is 4.95. The predicted octanol–water partition coefficient (Wildman–Crippen LogP) is 3.28. The minimum Gasteiger partial charge on any atom is -0.396 e. The Morgan fingerprint density at radius 1 is 1.08 bits per heavy atom. The van der Waals surface area contributed by atoms with Gasteiger partial charge < -0.3 is 10.4 Å². The molecule has 0 saturated heterocycles. The molecule has 0 atom stereocenters. The number of anilines is 1. The number of nitrogens with one attached hydrogen (secondary N) is 1. The van der Waals surface area contributed by atoms with E-state index in [4.69, 9.17) is 5.11 Å². The van der Waals surface area contributed by atoms with Crippen LogP contribution in [0.2, 0.25) is 0 Å². The van der Waals surface area contributed by atoms with Gasteiger partial charge in [0.15, 0.2) is 0 Å². The Balaban J connectivity index is 1.71. The first-order chi connectivity index (χ1) is 12.1. The lowest BCUT2D eigenvalue weighted by molar-refractivity contribution is 0.102. The smallest absolute Gasteiger partial charge is 0.255 e. The average Bonchev–Trinajstić information content (AvgIpc) is 2.95. The number of aliphatic hydroxyl groups is 1. The van der Waals surface area contributed by atoms with Crippen molar-refractivity contribution >= 4 is 11.6 Å². The molecule has 1 aromatic heterocycles. The van der Waals surface area contributed by atoms with Crippen LogP contribution >= 0.6 is 0 Å². The molecule has 128 valence electrons. The van der Waals surface area contributed by atoms with Crippen LogP contribution in [0, 0.1) is 13.8 Å². The number of amides is 1. The molecule has 3 rings (SSSR count). The Bertz CT molecular complexity index is 865. The zero-order valence-corrected chi connectivity index (χ0v) is 14.4. The fourth-order valence-electron chi connectivity index (χ4n) is 2.73. The number of hydrogen-bond acceptors (Lipinski definition) is 3. The molecule has 1 amide bonds. The van der Waals surface area contributed by atoms with Gasteiger partial charge in [0.2, 0.25) is 0 Å². The van der Waals surface area contributed by atoms with Crippen LogP contribution in [0.5, 0.6) is 0 Å². The summed E-state index contributed by atoms with van der Waals surface area (Å²) in [5.41, 5.74) is 5.30. The minimum absolute atomic E-state index is 0.118. The van der Waals surface area contributed by atoms with Gasteiger partial charge in [-0.15, -0.1) is 0 Å². The SMILES string of the molecule is Cc1cc(C)n(-c2ccc(C(=O)Nc3ccc(CCO)cc3)cc2)n1. The lowest BCUT2D eigenvalue weighted by Gasteiger charge is -2.08. The molecule has 3 aromatic rings. The lowest BCUT2D eigenvalue weighted by atomic mass is 10.1. The number of rotatable bonds is 5. The molecule has 0 aliphatic rings. The van der Waals surface area contributed by atoms with Gasteiger partial charge in [0.05, 0.1) is 11.4 Å². The molecular formula is C20H21N3O2. The van der Waals surface area contributed by atoms with E-state index in [0.29, 0.717) is 12.0 Å². The summed E-state index contributed by atoms with van der Waals surface area (Å²) in [6.45, 7) is 4.07. The van der Waals surface area contributed by atoms with Gasteiger partial charge in [-0.1, -0.05) is 12.1 Å². The molecule has 0 bridgehead atoms. The van der Waals surface area contributed by atoms with Crippen molar-refractivity contribution in [3.8, 4) is 5.69 Å². The summed E-state index contributed by atoms with van der Waals surface area (Å²) in [4.78, 5) is 12.4. The van der Waals surface area contributed by atoms with E-state index in [1.54, 1.807) is 12.1 Å². The first-order valence-corrected chi connectivity index (χ1v) is 8.21. The molecule has 2 N–H and O–H groups in total. The number of aryl methyl sites for hydroxylation is 2. The van der Waals surface area contributed by atoms with Crippen molar-refractivity contribution in [1.29, 1.82) is 0 Å². The Labute approximate surface area is 146 Å². The normalized spacial score (nSPS) is 10.7. The molecule has 5 heteroatoms. The van der Waals surface area contributed by atoms with Crippen LogP contribution in [0.3, 0.4) is 0 Å². The van der Waals surface area contributed by atoms with Crippen LogP contribution in [0.1, 0.15) is 27.3 Å². The van der Waals surface area contributed by atoms with Gasteiger partial charge in [0.1, 0.15) is 0 Å². The van der Waals surface area contributed by atoms with Crippen molar-refractivity contribution in [3.63, 3.8) is 0 Å². The van der Waals surface area contributed by atoms with E-state index in [1.165, 1.54) is 0 Å². The monoisotopic (exact) mass is 335 g/mol. The molecular weight excluding hydrogens is 314 g/mol. The summed E-state index contributed by atoms with van der Waals surface area (Å²) in [7, 11) is 0. The fourth-order valence-corrected chi connectivity index (χ4v) is 2.73. The Hall–Kier alpha value is -2.92. The number of aromatic nitrogens is 2. The highest BCUT2D eigenvalue weighted by Gasteiger charge is 2.08. The molecule has 5 nitrogen and oxygen atoms in total. The summed E-state index contributed by atoms with van der Waals surface area (Å²) in [5.74, 6) is -0.158. The van der Waals surface area contributed by atoms with Crippen molar-refractivity contribution in [3.05, 3.63) is 77.1 Å². The number of carbonyl (C=O) groups excluding carboxylic acids is 1. The highest BCUT2D eigenvalue weighted by Crippen LogP contribution is 2.15. The second-order valence-corrected chi connectivity index (χ2v) is 6.01. The van der Waals surface area contributed by atoms with Gasteiger partial charge in [0, 0.05) is 23.6 Å². The molecule has 0 unspecified atom stereocenters. The molecule has 0 fully saturated rings. The molecule has 0 aliphatic heterocycles. The number of carbonyl (C=O) groups is 1. The van der Waals surface area contributed by atoms with E-state index in [2.05, 4.69) is 10.4 Å². The zero-order chi connectivity index (χ0) is 17.8. The maximum Gasteiger partial charge on any atom is 0.255 e. The lowest BCUT2D eigenvalue weighted by Crippen LogP contribution is -2.12. The van der Waals surface area contributed by atoms with Gasteiger partial charge in [-0.3, -0.25) is 4.79 Å². The zero-order valence-electron chi connectivity index (χ0n) is 14.4. The van der Waals surface area contributed by atoms with Crippen LogP contribution in [0.15, 0.2) is 54.6 Å². The summed E-state index contributed by atoms with van der Waals surface area (Å²) in [6, 6.07) is 16.9. The summed E-state index contributed by atoms with van der Waals surface area (Å²) < 4.78 is 1.86. The number of hydrogen-bond donors (Lipinski definition) is 2. The fraction of sp³-hybridized carbons (Fsp3) is 0.200. The van der Waals surface area contributed by atoms with Crippen LogP contribution in [-0.4, -0.2) is 27.4 Å². The van der Waals surface area contributed by atoms with Gasteiger partial charge in [-0.25, -0.2) is 4.68 Å². The summed E-state index contributed by atoms with van der Waals surface area (Å²) >= 11 is 0. The van der Waals surface area contributed by atoms with Gasteiger partial charge in [0.25, 0.3) is 5.91 Å². The van der Waals surface area contributed by atoms with E-state index < -0.39 is 0 Å². The van der Waals surface area contributed by atoms with Crippen molar-refractivity contribution in [2.75, 3.05) is 11.9 Å². The van der Waals surface area contributed by atoms with Crippen LogP contribution in [-0.2, 0) is 6.42 Å². The van der Waals surface area contributed by atoms with E-state index in [0.717, 1.165) is 28.3 Å². The molecule has 25 heavy (non-hydrogen) atoms. The van der Waals surface area contributed by atoms with Crippen LogP contribution in [0.25, 0.3) is 5.69 Å². The second kappa shape index (κ2) is 7.32. The summed E-state index contributed by atoms with van der Waals surface area (Å²) in [5, 5.41) is 16.3. The Morgan fingerprint density at radius 3 is 2.32 bits per heavy atom.